The van der Waals surface area contributed by atoms with Gasteiger partial charge in [-0.15, -0.1) is 0 Å². The average molecular weight is 92.0 g/mol. The summed E-state index contributed by atoms with van der Waals surface area (Å²) in [7, 11) is 0. The predicted molar refractivity (Wildman–Crippen MR) is 15.0 cm³/mol. The van der Waals surface area contributed by atoms with Crippen molar-refractivity contribution in [2.24, 2.45) is 0 Å². The quantitative estimate of drug-likeness (QED) is 0.234. The van der Waals surface area contributed by atoms with Crippen molar-refractivity contribution >= 4 is 0 Å². The number of hydrogen-bond donors (Lipinski definition) is 1. The summed E-state index contributed by atoms with van der Waals surface area (Å²) < 4.78 is 0. The fraction of sp³-hybridized carbons (Fsp3) is 0. The molecule has 1 N–H and O–H groups in total. The number of rotatable bonds is 0. The van der Waals surface area contributed by atoms with Crippen molar-refractivity contribution in [1.29, 1.82) is 0 Å². The SMILES string of the molecule is C=CO.[H-].[H-].[Na+].[Na+]. The molecule has 0 unspecified atom stereocenters. The molecule has 0 bridgehead atoms. The molecule has 0 aliphatic rings. The van der Waals surface area contributed by atoms with E-state index < -0.39 is 0 Å². The van der Waals surface area contributed by atoms with Crippen molar-refractivity contribution in [3.63, 3.8) is 0 Å². The van der Waals surface area contributed by atoms with Crippen molar-refractivity contribution in [3.05, 3.63) is 12.8 Å². The first-order valence-corrected chi connectivity index (χ1v) is 0.666. The second-order valence-corrected chi connectivity index (χ2v) is 0.183. The molecule has 1 nitrogen and oxygen atoms in total. The maximum Gasteiger partial charge on any atom is 1.00 e. The first kappa shape index (κ1) is 16.0. The number of aliphatic hydroxyl groups is 1. The van der Waals surface area contributed by atoms with E-state index in [1.165, 1.54) is 0 Å². The second kappa shape index (κ2) is 17.7. The van der Waals surface area contributed by atoms with Crippen molar-refractivity contribution in [2.45, 2.75) is 0 Å². The average Bonchev–Trinajstić information content (AvgIpc) is 0.918. The zero-order valence-corrected chi connectivity index (χ0v) is 7.73. The van der Waals surface area contributed by atoms with Crippen LogP contribution in [-0.4, -0.2) is 5.11 Å². The minimum absolute atomic E-state index is 0. The first-order valence-electron chi connectivity index (χ1n) is 0.666. The van der Waals surface area contributed by atoms with E-state index in [1.54, 1.807) is 0 Å². The summed E-state index contributed by atoms with van der Waals surface area (Å²) in [4.78, 5) is 0. The minimum atomic E-state index is 0. The molecular formula is C2H6Na2O. The maximum absolute atomic E-state index is 7.33. The monoisotopic (exact) mass is 92.0 g/mol. The molecule has 0 rings (SSSR count). The van der Waals surface area contributed by atoms with Gasteiger partial charge in [-0.3, -0.25) is 0 Å². The first-order chi connectivity index (χ1) is 1.41. The molecule has 0 fully saturated rings. The Bertz CT molecular complexity index is 21.2. The van der Waals surface area contributed by atoms with Crippen LogP contribution in [0.25, 0.3) is 0 Å². The summed E-state index contributed by atoms with van der Waals surface area (Å²) in [5.74, 6) is 0. The molecule has 0 saturated carbocycles. The largest absolute Gasteiger partial charge is 1.00 e. The van der Waals surface area contributed by atoms with Crippen molar-refractivity contribution < 1.29 is 67.1 Å². The van der Waals surface area contributed by atoms with Gasteiger partial charge in [0.25, 0.3) is 0 Å². The molecule has 5 heavy (non-hydrogen) atoms. The van der Waals surface area contributed by atoms with E-state index in [0.717, 1.165) is 6.26 Å². The van der Waals surface area contributed by atoms with Crippen LogP contribution in [0.4, 0.5) is 0 Å². The van der Waals surface area contributed by atoms with Crippen molar-refractivity contribution in [2.75, 3.05) is 0 Å². The third-order valence-corrected chi connectivity index (χ3v) is 0. The minimum Gasteiger partial charge on any atom is -1.00 e. The summed E-state index contributed by atoms with van der Waals surface area (Å²) in [5.41, 5.74) is 0. The van der Waals surface area contributed by atoms with E-state index in [1.807, 2.05) is 0 Å². The van der Waals surface area contributed by atoms with E-state index >= 15 is 0 Å². The van der Waals surface area contributed by atoms with E-state index in [9.17, 15) is 0 Å². The Hall–Kier alpha value is 1.54. The summed E-state index contributed by atoms with van der Waals surface area (Å²) in [6, 6.07) is 0. The summed E-state index contributed by atoms with van der Waals surface area (Å²) in [6.45, 7) is 2.92. The van der Waals surface area contributed by atoms with Crippen molar-refractivity contribution in [3.8, 4) is 0 Å². The number of aliphatic hydroxyl groups excluding tert-OH is 1. The zero-order chi connectivity index (χ0) is 2.71. The van der Waals surface area contributed by atoms with Gasteiger partial charge in [-0.05, 0) is 0 Å². The van der Waals surface area contributed by atoms with E-state index in [4.69, 9.17) is 5.11 Å². The predicted octanol–water partition coefficient (Wildman–Crippen LogP) is -5.08. The van der Waals surface area contributed by atoms with Crippen LogP contribution in [0.1, 0.15) is 2.85 Å². The van der Waals surface area contributed by atoms with E-state index in [-0.39, 0.29) is 62.0 Å². The van der Waals surface area contributed by atoms with Crippen LogP contribution < -0.4 is 59.1 Å². The van der Waals surface area contributed by atoms with Gasteiger partial charge in [0.2, 0.25) is 0 Å². The van der Waals surface area contributed by atoms with Crippen molar-refractivity contribution in [1.82, 2.24) is 0 Å². The Morgan fingerprint density at radius 3 is 1.60 bits per heavy atom. The zero-order valence-electron chi connectivity index (χ0n) is 5.73. The van der Waals surface area contributed by atoms with Gasteiger partial charge in [0, 0.05) is 0 Å². The van der Waals surface area contributed by atoms with Gasteiger partial charge in [0.15, 0.2) is 0 Å². The molecule has 0 atom stereocenters. The molecule has 3 heteroatoms. The normalized spacial score (nSPS) is 2.40. The molecule has 0 aromatic heterocycles. The Morgan fingerprint density at radius 1 is 1.60 bits per heavy atom. The molecule has 0 aliphatic carbocycles. The molecule has 22 valence electrons. The van der Waals surface area contributed by atoms with E-state index in [2.05, 4.69) is 6.58 Å². The number of hydrogen-bond acceptors (Lipinski definition) is 1. The Kier molecular flexibility index (Phi) is 56.7. The van der Waals surface area contributed by atoms with Gasteiger partial charge in [0.05, 0.1) is 6.26 Å². The van der Waals surface area contributed by atoms with Gasteiger partial charge in [-0.2, -0.15) is 0 Å². The van der Waals surface area contributed by atoms with Gasteiger partial charge >= 0.3 is 59.1 Å². The molecule has 0 aromatic rings. The van der Waals surface area contributed by atoms with Crippen LogP contribution >= 0.6 is 0 Å². The molecule has 0 amide bonds. The topological polar surface area (TPSA) is 20.2 Å². The Morgan fingerprint density at radius 2 is 1.60 bits per heavy atom. The molecular weight excluding hydrogens is 86.0 g/mol. The molecule has 0 saturated heterocycles. The smallest absolute Gasteiger partial charge is 1.00 e. The summed E-state index contributed by atoms with van der Waals surface area (Å²) >= 11 is 0. The molecule has 0 spiro atoms. The molecule has 0 aromatic carbocycles. The molecule has 0 radical (unpaired) electrons. The van der Waals surface area contributed by atoms with Gasteiger partial charge in [-0.25, -0.2) is 0 Å². The van der Waals surface area contributed by atoms with Crippen LogP contribution in [0.2, 0.25) is 0 Å². The van der Waals surface area contributed by atoms with Crippen LogP contribution in [0.3, 0.4) is 0 Å². The standard InChI is InChI=1S/C2H4O.2Na.2H/c1-2-3;;;;/h2-3H,1H2;;;;/q;2*+1;2*-1. The maximum atomic E-state index is 7.33. The van der Waals surface area contributed by atoms with Crippen LogP contribution in [0, 0.1) is 0 Å². The van der Waals surface area contributed by atoms with Crippen LogP contribution in [0.15, 0.2) is 12.8 Å². The fourth-order valence-electron chi connectivity index (χ4n) is 0. The Balaban J connectivity index is -0.00000000333. The Labute approximate surface area is 79.0 Å². The van der Waals surface area contributed by atoms with Crippen LogP contribution in [0.5, 0.6) is 0 Å². The summed E-state index contributed by atoms with van der Waals surface area (Å²) in [5, 5.41) is 7.33. The third kappa shape index (κ3) is 29.3. The second-order valence-electron chi connectivity index (χ2n) is 0.183. The third-order valence-electron chi connectivity index (χ3n) is 0. The van der Waals surface area contributed by atoms with Gasteiger partial charge < -0.3 is 7.96 Å². The molecule has 0 heterocycles. The van der Waals surface area contributed by atoms with Crippen LogP contribution in [-0.2, 0) is 0 Å². The summed E-state index contributed by atoms with van der Waals surface area (Å²) in [6.07, 6.45) is 0.750. The van der Waals surface area contributed by atoms with Gasteiger partial charge in [0.1, 0.15) is 0 Å². The fourth-order valence-corrected chi connectivity index (χ4v) is 0. The molecule has 0 aliphatic heterocycles. The van der Waals surface area contributed by atoms with Gasteiger partial charge in [-0.1, -0.05) is 6.58 Å². The van der Waals surface area contributed by atoms with E-state index in [0.29, 0.717) is 0 Å².